The first-order valence-corrected chi connectivity index (χ1v) is 9.68. The highest BCUT2D eigenvalue weighted by Gasteiger charge is 2.27. The lowest BCUT2D eigenvalue weighted by molar-refractivity contribution is -0.0372. The zero-order chi connectivity index (χ0) is 16.7. The van der Waals surface area contributed by atoms with Crippen molar-refractivity contribution in [2.75, 3.05) is 18.1 Å². The molecule has 0 aliphatic carbocycles. The number of aromatic nitrogens is 4. The van der Waals surface area contributed by atoms with Gasteiger partial charge in [0.1, 0.15) is 11.3 Å². The van der Waals surface area contributed by atoms with Crippen molar-refractivity contribution in [2.45, 2.75) is 57.4 Å². The van der Waals surface area contributed by atoms with Gasteiger partial charge in [-0.15, -0.1) is 0 Å². The SMILES string of the molecule is C[C@@H]1C[C@H](O)CCN1c1cnc2c(I)nn(C3CCCCO3)c2n1. The van der Waals surface area contributed by atoms with Gasteiger partial charge in [-0.05, 0) is 61.6 Å². The number of rotatable bonds is 2. The van der Waals surface area contributed by atoms with E-state index in [-0.39, 0.29) is 18.4 Å². The summed E-state index contributed by atoms with van der Waals surface area (Å²) in [6, 6.07) is 0.252. The van der Waals surface area contributed by atoms with Gasteiger partial charge in [-0.2, -0.15) is 5.10 Å². The lowest BCUT2D eigenvalue weighted by Gasteiger charge is -2.36. The lowest BCUT2D eigenvalue weighted by Crippen LogP contribution is -2.43. The Balaban J connectivity index is 1.71. The molecule has 7 nitrogen and oxygen atoms in total. The van der Waals surface area contributed by atoms with Crippen LogP contribution < -0.4 is 4.90 Å². The molecule has 2 aromatic rings. The number of halogens is 1. The number of aliphatic hydroxyl groups excluding tert-OH is 1. The molecule has 0 spiro atoms. The smallest absolute Gasteiger partial charge is 0.182 e. The predicted octanol–water partition coefficient (Wildman–Crippen LogP) is 2.48. The first kappa shape index (κ1) is 16.5. The quantitative estimate of drug-likeness (QED) is 0.719. The monoisotopic (exact) mass is 443 g/mol. The van der Waals surface area contributed by atoms with Crippen LogP contribution in [0.1, 0.15) is 45.3 Å². The van der Waals surface area contributed by atoms with E-state index in [0.717, 1.165) is 65.9 Å². The fourth-order valence-electron chi connectivity index (χ4n) is 3.61. The van der Waals surface area contributed by atoms with Gasteiger partial charge in [-0.1, -0.05) is 0 Å². The normalized spacial score (nSPS) is 28.5. The molecule has 2 saturated heterocycles. The molecule has 0 radical (unpaired) electrons. The van der Waals surface area contributed by atoms with Gasteiger partial charge in [0.25, 0.3) is 0 Å². The molecule has 4 rings (SSSR count). The Kier molecular flexibility index (Phi) is 4.61. The second kappa shape index (κ2) is 6.72. The second-order valence-electron chi connectivity index (χ2n) is 6.68. The Labute approximate surface area is 154 Å². The van der Waals surface area contributed by atoms with E-state index in [1.807, 2.05) is 10.9 Å². The molecule has 2 aliphatic heterocycles. The number of hydrogen-bond acceptors (Lipinski definition) is 6. The highest BCUT2D eigenvalue weighted by molar-refractivity contribution is 14.1. The number of hydrogen-bond donors (Lipinski definition) is 1. The summed E-state index contributed by atoms with van der Waals surface area (Å²) in [5, 5.41) is 14.5. The van der Waals surface area contributed by atoms with Crippen molar-refractivity contribution >= 4 is 39.6 Å². The van der Waals surface area contributed by atoms with Crippen molar-refractivity contribution in [3.8, 4) is 0 Å². The number of ether oxygens (including phenoxy) is 1. The van der Waals surface area contributed by atoms with Crippen LogP contribution in [0.3, 0.4) is 0 Å². The first-order chi connectivity index (χ1) is 11.6. The molecular weight excluding hydrogens is 421 g/mol. The number of piperidine rings is 1. The highest BCUT2D eigenvalue weighted by atomic mass is 127. The standard InChI is InChI=1S/C16H22IN5O2/c1-10-8-11(23)5-6-21(10)12-9-18-14-15(17)20-22(16(14)19-12)13-4-2-3-7-24-13/h9-11,13,23H,2-8H2,1H3/t10-,11-,13?/m1/s1. The predicted molar refractivity (Wildman–Crippen MR) is 98.9 cm³/mol. The van der Waals surface area contributed by atoms with E-state index in [0.29, 0.717) is 0 Å². The van der Waals surface area contributed by atoms with Crippen LogP contribution in [0.4, 0.5) is 5.82 Å². The third kappa shape index (κ3) is 2.99. The van der Waals surface area contributed by atoms with Gasteiger partial charge in [0.05, 0.1) is 12.3 Å². The topological polar surface area (TPSA) is 76.3 Å². The highest BCUT2D eigenvalue weighted by Crippen LogP contribution is 2.29. The van der Waals surface area contributed by atoms with E-state index < -0.39 is 0 Å². The Hall–Kier alpha value is -1.00. The van der Waals surface area contributed by atoms with E-state index in [4.69, 9.17) is 9.72 Å². The molecule has 130 valence electrons. The Morgan fingerprint density at radius 2 is 2.21 bits per heavy atom. The van der Waals surface area contributed by atoms with Crippen molar-refractivity contribution in [3.63, 3.8) is 0 Å². The maximum absolute atomic E-state index is 9.84. The maximum Gasteiger partial charge on any atom is 0.182 e. The van der Waals surface area contributed by atoms with E-state index in [1.54, 1.807) is 0 Å². The molecule has 3 atom stereocenters. The van der Waals surface area contributed by atoms with Gasteiger partial charge in [0.2, 0.25) is 0 Å². The summed E-state index contributed by atoms with van der Waals surface area (Å²) < 4.78 is 8.65. The molecule has 0 aromatic carbocycles. The zero-order valence-electron chi connectivity index (χ0n) is 13.7. The van der Waals surface area contributed by atoms with Gasteiger partial charge >= 0.3 is 0 Å². The number of nitrogens with zero attached hydrogens (tertiary/aromatic N) is 5. The number of aliphatic hydroxyl groups is 1. The molecule has 24 heavy (non-hydrogen) atoms. The average Bonchev–Trinajstić information content (AvgIpc) is 2.92. The minimum atomic E-state index is -0.213. The molecular formula is C16H22IN5O2. The molecule has 8 heteroatoms. The van der Waals surface area contributed by atoms with Crippen molar-refractivity contribution in [1.82, 2.24) is 19.7 Å². The van der Waals surface area contributed by atoms with Gasteiger partial charge in [0.15, 0.2) is 15.6 Å². The summed E-state index contributed by atoms with van der Waals surface area (Å²) in [4.78, 5) is 11.7. The van der Waals surface area contributed by atoms with Gasteiger partial charge in [0, 0.05) is 19.2 Å². The van der Waals surface area contributed by atoms with Gasteiger partial charge in [-0.3, -0.25) is 0 Å². The molecule has 0 amide bonds. The van der Waals surface area contributed by atoms with E-state index in [1.165, 1.54) is 0 Å². The molecule has 4 heterocycles. The average molecular weight is 443 g/mol. The minimum absolute atomic E-state index is 0.0464. The summed E-state index contributed by atoms with van der Waals surface area (Å²) in [7, 11) is 0. The summed E-state index contributed by atoms with van der Waals surface area (Å²) >= 11 is 2.21. The van der Waals surface area contributed by atoms with Gasteiger partial charge < -0.3 is 14.7 Å². The van der Waals surface area contributed by atoms with Crippen LogP contribution in [0, 0.1) is 3.70 Å². The van der Waals surface area contributed by atoms with Crippen LogP contribution >= 0.6 is 22.6 Å². The summed E-state index contributed by atoms with van der Waals surface area (Å²) in [6.07, 6.45) is 6.32. The second-order valence-corrected chi connectivity index (χ2v) is 7.70. The zero-order valence-corrected chi connectivity index (χ0v) is 15.9. The van der Waals surface area contributed by atoms with Crippen molar-refractivity contribution in [1.29, 1.82) is 0 Å². The van der Waals surface area contributed by atoms with Crippen molar-refractivity contribution in [3.05, 3.63) is 9.90 Å². The van der Waals surface area contributed by atoms with E-state index in [9.17, 15) is 5.11 Å². The number of fused-ring (bicyclic) bond motifs is 1. The van der Waals surface area contributed by atoms with Crippen molar-refractivity contribution in [2.24, 2.45) is 0 Å². The third-order valence-corrected chi connectivity index (χ3v) is 5.65. The fraction of sp³-hybridized carbons (Fsp3) is 0.688. The van der Waals surface area contributed by atoms with Crippen LogP contribution in [0.25, 0.3) is 11.2 Å². The molecule has 2 aromatic heterocycles. The largest absolute Gasteiger partial charge is 0.393 e. The van der Waals surface area contributed by atoms with E-state index in [2.05, 4.69) is 44.5 Å². The molecule has 0 bridgehead atoms. The van der Waals surface area contributed by atoms with Crippen molar-refractivity contribution < 1.29 is 9.84 Å². The van der Waals surface area contributed by atoms with Gasteiger partial charge in [-0.25, -0.2) is 14.6 Å². The molecule has 1 N–H and O–H groups in total. The first-order valence-electron chi connectivity index (χ1n) is 8.60. The van der Waals surface area contributed by atoms with Crippen LogP contribution in [-0.4, -0.2) is 50.2 Å². The lowest BCUT2D eigenvalue weighted by atomic mass is 10.0. The summed E-state index contributed by atoms with van der Waals surface area (Å²) in [5.41, 5.74) is 1.63. The summed E-state index contributed by atoms with van der Waals surface area (Å²) in [5.74, 6) is 0.857. The molecule has 2 fully saturated rings. The Morgan fingerprint density at radius 3 is 2.96 bits per heavy atom. The van der Waals surface area contributed by atoms with Crippen LogP contribution in [0.2, 0.25) is 0 Å². The van der Waals surface area contributed by atoms with Crippen LogP contribution in [0.5, 0.6) is 0 Å². The summed E-state index contributed by atoms with van der Waals surface area (Å²) in [6.45, 7) is 3.70. The number of anilines is 1. The fourth-order valence-corrected chi connectivity index (χ4v) is 4.22. The van der Waals surface area contributed by atoms with E-state index >= 15 is 0 Å². The molecule has 2 aliphatic rings. The molecule has 1 unspecified atom stereocenters. The Bertz CT molecular complexity index is 731. The van der Waals surface area contributed by atoms with Crippen LogP contribution in [-0.2, 0) is 4.74 Å². The Morgan fingerprint density at radius 1 is 1.33 bits per heavy atom. The third-order valence-electron chi connectivity index (χ3n) is 4.92. The maximum atomic E-state index is 9.84. The van der Waals surface area contributed by atoms with Crippen LogP contribution in [0.15, 0.2) is 6.20 Å². The molecule has 0 saturated carbocycles. The minimum Gasteiger partial charge on any atom is -0.393 e.